The van der Waals surface area contributed by atoms with Gasteiger partial charge in [-0.3, -0.25) is 0 Å². The first-order valence-corrected chi connectivity index (χ1v) is 4.26. The molecule has 0 atom stereocenters. The zero-order valence-corrected chi connectivity index (χ0v) is 8.71. The third kappa shape index (κ3) is 4.08. The summed E-state index contributed by atoms with van der Waals surface area (Å²) in [5, 5.41) is 9.65. The number of hydrogen-bond donors (Lipinski definition) is 1. The smallest absolute Gasteiger partial charge is 0.410 e. The molecule has 0 aromatic heterocycles. The number of rotatable bonds is 1. The van der Waals surface area contributed by atoms with Gasteiger partial charge in [0, 0.05) is 31.9 Å². The Morgan fingerprint density at radius 1 is 1.67 bits per heavy atom. The molecule has 4 heteroatoms. The third-order valence-corrected chi connectivity index (χ3v) is 1.27. The zero-order chi connectivity index (χ0) is 21.4. The topological polar surface area (TPSA) is 49.8 Å². The SMILES string of the molecule is [2H]C([2H])(O)C1([2H])C([2H])([2H])C([2H])([2H])N(C(=O)OC(C)(C)C)C([2H])([2H])C1([2H])[2H]. The maximum Gasteiger partial charge on any atom is 0.410 e. The van der Waals surface area contributed by atoms with Crippen LogP contribution in [-0.2, 0) is 4.74 Å². The third-order valence-electron chi connectivity index (χ3n) is 1.27. The molecule has 1 heterocycles. The quantitative estimate of drug-likeness (QED) is 0.739. The van der Waals surface area contributed by atoms with E-state index in [1.165, 1.54) is 20.8 Å². The average molecular weight is 226 g/mol. The van der Waals surface area contributed by atoms with Crippen LogP contribution in [0.3, 0.4) is 0 Å². The largest absolute Gasteiger partial charge is 0.444 e. The maximum atomic E-state index is 12.4. The van der Waals surface area contributed by atoms with Gasteiger partial charge in [-0.15, -0.1) is 0 Å². The molecule has 1 aliphatic heterocycles. The molecule has 1 aliphatic rings. The lowest BCUT2D eigenvalue weighted by molar-refractivity contribution is 0.0159. The molecule has 0 saturated carbocycles. The van der Waals surface area contributed by atoms with Crippen molar-refractivity contribution in [3.8, 4) is 0 Å². The van der Waals surface area contributed by atoms with Crippen molar-refractivity contribution in [3.63, 3.8) is 0 Å². The lowest BCUT2D eigenvalue weighted by Gasteiger charge is -2.32. The molecule has 0 spiro atoms. The molecular formula is C11H21NO3. The Hall–Kier alpha value is -0.770. The predicted octanol–water partition coefficient (Wildman–Crippen LogP) is 1.63. The van der Waals surface area contributed by atoms with Crippen LogP contribution in [-0.4, -0.2) is 41.3 Å². The number of amides is 1. The summed E-state index contributed by atoms with van der Waals surface area (Å²) in [7, 11) is 0. The summed E-state index contributed by atoms with van der Waals surface area (Å²) in [6.45, 7) is -7.40. The maximum absolute atomic E-state index is 12.4. The van der Waals surface area contributed by atoms with Gasteiger partial charge in [0.15, 0.2) is 0 Å². The fraction of sp³-hybridized carbons (Fsp3) is 0.909. The van der Waals surface area contributed by atoms with Gasteiger partial charge in [-0.1, -0.05) is 0 Å². The number of nitrogens with zero attached hydrogens (tertiary/aromatic N) is 1. The number of hydrogen-bond acceptors (Lipinski definition) is 3. The summed E-state index contributed by atoms with van der Waals surface area (Å²) < 4.78 is 90.5. The molecule has 0 unspecified atom stereocenters. The summed E-state index contributed by atoms with van der Waals surface area (Å²) >= 11 is 0. The van der Waals surface area contributed by atoms with Crippen molar-refractivity contribution in [3.05, 3.63) is 0 Å². The van der Waals surface area contributed by atoms with Crippen LogP contribution in [0.5, 0.6) is 0 Å². The van der Waals surface area contributed by atoms with Crippen molar-refractivity contribution >= 4 is 6.09 Å². The summed E-state index contributed by atoms with van der Waals surface area (Å²) in [4.78, 5) is 11.9. The molecule has 0 aromatic carbocycles. The zero-order valence-electron chi connectivity index (χ0n) is 19.7. The Morgan fingerprint density at radius 2 is 2.20 bits per heavy atom. The molecule has 1 saturated heterocycles. The second-order valence-electron chi connectivity index (χ2n) is 3.78. The molecule has 15 heavy (non-hydrogen) atoms. The van der Waals surface area contributed by atoms with Crippen LogP contribution in [0, 0.1) is 5.89 Å². The first kappa shape index (κ1) is 3.91. The first-order chi connectivity index (χ1) is 11.0. The van der Waals surface area contributed by atoms with Crippen LogP contribution < -0.4 is 0 Å². The van der Waals surface area contributed by atoms with E-state index >= 15 is 0 Å². The molecule has 88 valence electrons. The molecule has 4 nitrogen and oxygen atoms in total. The molecule has 1 fully saturated rings. The van der Waals surface area contributed by atoms with Crippen LogP contribution in [0.1, 0.15) is 48.6 Å². The van der Waals surface area contributed by atoms with Gasteiger partial charge in [-0.05, 0) is 39.4 Å². The monoisotopic (exact) mass is 226 g/mol. The van der Waals surface area contributed by atoms with Gasteiger partial charge in [0.25, 0.3) is 0 Å². The first-order valence-electron chi connectivity index (χ1n) is 9.76. The van der Waals surface area contributed by atoms with Gasteiger partial charge in [0.1, 0.15) is 5.60 Å². The lowest BCUT2D eigenvalue weighted by Crippen LogP contribution is -2.42. The van der Waals surface area contributed by atoms with E-state index < -0.39 is 54.8 Å². The number of likely N-dealkylation sites (tertiary alicyclic amines) is 1. The number of carbonyl (C=O) groups is 1. The molecule has 0 bridgehead atoms. The second-order valence-corrected chi connectivity index (χ2v) is 3.78. The highest BCUT2D eigenvalue weighted by Crippen LogP contribution is 2.18. The second kappa shape index (κ2) is 4.84. The minimum Gasteiger partial charge on any atom is -0.444 e. The standard InChI is InChI=1S/C11H21NO3/c1-11(2,3)15-10(14)12-6-4-9(8-13)5-7-12/h9,13H,4-8H2,1-3H3/i4D2,5D2,6D2,7D2,8D2,9D. The van der Waals surface area contributed by atoms with Crippen LogP contribution in [0.2, 0.25) is 0 Å². The Labute approximate surface area is 107 Å². The Morgan fingerprint density at radius 3 is 2.60 bits per heavy atom. The van der Waals surface area contributed by atoms with E-state index in [1.807, 2.05) is 0 Å². The fourth-order valence-electron chi connectivity index (χ4n) is 0.738. The lowest BCUT2D eigenvalue weighted by atomic mass is 9.98. The van der Waals surface area contributed by atoms with Gasteiger partial charge >= 0.3 is 6.09 Å². The molecule has 1 amide bonds. The highest BCUT2D eigenvalue weighted by atomic mass is 16.6. The normalized spacial score (nSPS) is 46.4. The van der Waals surface area contributed by atoms with Crippen molar-refractivity contribution in [2.45, 2.75) is 39.1 Å². The van der Waals surface area contributed by atoms with Gasteiger partial charge in [-0.25, -0.2) is 4.79 Å². The highest BCUT2D eigenvalue weighted by Gasteiger charge is 2.26. The van der Waals surface area contributed by atoms with Crippen molar-refractivity contribution in [2.75, 3.05) is 19.6 Å². The van der Waals surface area contributed by atoms with Crippen LogP contribution >= 0.6 is 0 Å². The molecular weight excluding hydrogens is 194 g/mol. The van der Waals surface area contributed by atoms with E-state index in [9.17, 15) is 9.90 Å². The van der Waals surface area contributed by atoms with Gasteiger partial charge in [-0.2, -0.15) is 0 Å². The molecule has 0 aromatic rings. The minimum absolute atomic E-state index is 0.455. The summed E-state index contributed by atoms with van der Waals surface area (Å²) in [6, 6.07) is 0. The van der Waals surface area contributed by atoms with Crippen molar-refractivity contribution in [1.82, 2.24) is 4.90 Å². The van der Waals surface area contributed by atoms with Crippen LogP contribution in [0.25, 0.3) is 0 Å². The van der Waals surface area contributed by atoms with Crippen molar-refractivity contribution in [1.29, 1.82) is 0 Å². The van der Waals surface area contributed by atoms with Crippen LogP contribution in [0.4, 0.5) is 4.79 Å². The van der Waals surface area contributed by atoms with Crippen LogP contribution in [0.15, 0.2) is 0 Å². The number of carbonyl (C=O) groups excluding carboxylic acids is 1. The minimum atomic E-state index is -4.00. The number of ether oxygens (including phenoxy) is 1. The fourth-order valence-corrected chi connectivity index (χ4v) is 0.738. The summed E-state index contributed by atoms with van der Waals surface area (Å²) in [5.41, 5.74) is -1.26. The summed E-state index contributed by atoms with van der Waals surface area (Å²) in [6.07, 6.45) is -9.50. The van der Waals surface area contributed by atoms with E-state index in [2.05, 4.69) is 0 Å². The van der Waals surface area contributed by atoms with Gasteiger partial charge in [0.2, 0.25) is 0 Å². The Balaban J connectivity index is 3.80. The molecule has 0 aliphatic carbocycles. The van der Waals surface area contributed by atoms with Gasteiger partial charge in [0.05, 0.1) is 2.74 Å². The molecule has 0 radical (unpaired) electrons. The van der Waals surface area contributed by atoms with Crippen molar-refractivity contribution in [2.24, 2.45) is 5.89 Å². The molecule has 1 N–H and O–H groups in total. The predicted molar refractivity (Wildman–Crippen MR) is 57.6 cm³/mol. The van der Waals surface area contributed by atoms with E-state index in [1.54, 1.807) is 0 Å². The van der Waals surface area contributed by atoms with Gasteiger partial charge < -0.3 is 14.7 Å². The highest BCUT2D eigenvalue weighted by molar-refractivity contribution is 5.68. The van der Waals surface area contributed by atoms with E-state index in [4.69, 9.17) is 19.8 Å². The number of aliphatic hydroxyl groups is 1. The summed E-state index contributed by atoms with van der Waals surface area (Å²) in [5.74, 6) is -3.97. The number of piperidine rings is 1. The van der Waals surface area contributed by atoms with E-state index in [0.717, 1.165) is 0 Å². The van der Waals surface area contributed by atoms with E-state index in [-0.39, 0.29) is 0 Å². The molecule has 1 rings (SSSR count). The Bertz CT molecular complexity index is 565. The van der Waals surface area contributed by atoms with E-state index in [0.29, 0.717) is 0 Å². The van der Waals surface area contributed by atoms with Crippen molar-refractivity contribution < 1.29 is 29.7 Å². The average Bonchev–Trinajstić information content (AvgIpc) is 2.30. The Kier molecular flexibility index (Phi) is 1.26.